The fourth-order valence-electron chi connectivity index (χ4n) is 3.78. The highest BCUT2D eigenvalue weighted by Gasteiger charge is 2.82. The van der Waals surface area contributed by atoms with E-state index in [1.54, 1.807) is 0 Å². The summed E-state index contributed by atoms with van der Waals surface area (Å²) in [6, 6.07) is 0. The van der Waals surface area contributed by atoms with Crippen molar-refractivity contribution in [3.05, 3.63) is 21.3 Å². The fourth-order valence-corrected chi connectivity index (χ4v) is 5.91. The van der Waals surface area contributed by atoms with Crippen molar-refractivity contribution in [3.8, 4) is 0 Å². The fraction of sp³-hybridized carbons (Fsp3) is 0.692. The van der Waals surface area contributed by atoms with Gasteiger partial charge in [-0.15, -0.1) is 23.2 Å². The Morgan fingerprint density at radius 1 is 1.19 bits per heavy atom. The van der Waals surface area contributed by atoms with Crippen LogP contribution < -0.4 is 5.48 Å². The summed E-state index contributed by atoms with van der Waals surface area (Å²) in [6.45, 7) is 2.48. The van der Waals surface area contributed by atoms with Crippen molar-refractivity contribution in [1.29, 1.82) is 0 Å². The lowest BCUT2D eigenvalue weighted by Crippen LogP contribution is -2.57. The summed E-state index contributed by atoms with van der Waals surface area (Å²) in [4.78, 5) is 2.74. The minimum absolute atomic E-state index is 0.235. The van der Waals surface area contributed by atoms with Gasteiger partial charge in [0.15, 0.2) is 4.87 Å². The number of ether oxygens (including phenoxy) is 2. The molecule has 21 heavy (non-hydrogen) atoms. The Balaban J connectivity index is 2.34. The van der Waals surface area contributed by atoms with Gasteiger partial charge in [0.05, 0.1) is 16.7 Å². The molecule has 1 aliphatic heterocycles. The largest absolute Gasteiger partial charge is 0.349 e. The van der Waals surface area contributed by atoms with E-state index in [1.165, 1.54) is 14.2 Å². The van der Waals surface area contributed by atoms with E-state index >= 15 is 0 Å². The van der Waals surface area contributed by atoms with E-state index in [4.69, 9.17) is 60.7 Å². The number of hydrogen-bond acceptors (Lipinski definition) is 4. The Morgan fingerprint density at radius 2 is 1.81 bits per heavy atom. The minimum Gasteiger partial charge on any atom is -0.349 e. The maximum atomic E-state index is 6.93. The summed E-state index contributed by atoms with van der Waals surface area (Å²) in [6.07, 6.45) is 0.687. The summed E-state index contributed by atoms with van der Waals surface area (Å²) >= 11 is 26.6. The number of methoxy groups -OCH3 is 2. The van der Waals surface area contributed by atoms with Crippen molar-refractivity contribution >= 4 is 46.4 Å². The molecule has 3 aliphatic rings. The van der Waals surface area contributed by atoms with Gasteiger partial charge in [0.2, 0.25) is 5.79 Å². The van der Waals surface area contributed by atoms with E-state index in [1.807, 2.05) is 6.92 Å². The molecule has 0 amide bonds. The van der Waals surface area contributed by atoms with Crippen LogP contribution in [0.15, 0.2) is 21.3 Å². The number of alkyl halides is 2. The molecule has 3 rings (SSSR count). The van der Waals surface area contributed by atoms with Crippen LogP contribution in [0.25, 0.3) is 0 Å². The Bertz CT molecular complexity index is 552. The maximum absolute atomic E-state index is 6.93. The molecule has 4 nitrogen and oxygen atoms in total. The first-order valence-electron chi connectivity index (χ1n) is 6.48. The van der Waals surface area contributed by atoms with Gasteiger partial charge in [0, 0.05) is 32.3 Å². The van der Waals surface area contributed by atoms with Crippen molar-refractivity contribution < 1.29 is 14.3 Å². The van der Waals surface area contributed by atoms with Gasteiger partial charge in [-0.25, -0.2) is 0 Å². The van der Waals surface area contributed by atoms with Gasteiger partial charge < -0.3 is 9.47 Å². The molecule has 0 aromatic heterocycles. The van der Waals surface area contributed by atoms with Crippen LogP contribution in [-0.4, -0.2) is 36.4 Å². The molecular weight excluding hydrogens is 360 g/mol. The lowest BCUT2D eigenvalue weighted by Gasteiger charge is -2.40. The molecule has 2 bridgehead atoms. The lowest BCUT2D eigenvalue weighted by molar-refractivity contribution is -0.217. The molecule has 0 radical (unpaired) electrons. The number of rotatable bonds is 2. The van der Waals surface area contributed by atoms with E-state index < -0.39 is 15.5 Å². The van der Waals surface area contributed by atoms with Crippen LogP contribution in [-0.2, 0) is 14.3 Å². The first-order valence-corrected chi connectivity index (χ1v) is 7.99. The third kappa shape index (κ3) is 1.50. The van der Waals surface area contributed by atoms with Crippen molar-refractivity contribution in [2.75, 3.05) is 20.8 Å². The molecular formula is C13H15Cl4NO3. The second-order valence-corrected chi connectivity index (χ2v) is 7.26. The quantitative estimate of drug-likeness (QED) is 0.593. The van der Waals surface area contributed by atoms with Gasteiger partial charge in [-0.2, -0.15) is 0 Å². The molecule has 118 valence electrons. The Labute approximate surface area is 143 Å². The predicted molar refractivity (Wildman–Crippen MR) is 82.5 cm³/mol. The van der Waals surface area contributed by atoms with E-state index in [2.05, 4.69) is 5.48 Å². The Morgan fingerprint density at radius 3 is 2.24 bits per heavy atom. The zero-order valence-corrected chi connectivity index (χ0v) is 14.8. The van der Waals surface area contributed by atoms with Crippen molar-refractivity contribution in [2.24, 2.45) is 5.92 Å². The molecule has 0 spiro atoms. The normalized spacial score (nSPS) is 44.6. The van der Waals surface area contributed by atoms with Crippen LogP contribution >= 0.6 is 46.4 Å². The summed E-state index contributed by atoms with van der Waals surface area (Å²) in [5, 5.41) is 0.499. The molecule has 0 aromatic rings. The molecule has 8 heteroatoms. The molecule has 1 saturated heterocycles. The van der Waals surface area contributed by atoms with Crippen molar-refractivity contribution in [1.82, 2.24) is 5.48 Å². The molecule has 1 saturated carbocycles. The number of nitrogens with one attached hydrogen (secondary N) is 1. The standard InChI is InChI=1S/C13H15Cl4NO3/c1-6-8(7-4-5-21-18-7)12(17)10(15)9(14)11(6,16)13(12,19-2)20-3/h6,18H,4-5H2,1-3H3/t6?,11-,12-/m0/s1. The van der Waals surface area contributed by atoms with Gasteiger partial charge in [-0.3, -0.25) is 10.3 Å². The summed E-state index contributed by atoms with van der Waals surface area (Å²) in [5.41, 5.74) is 4.53. The van der Waals surface area contributed by atoms with Crippen LogP contribution in [0.3, 0.4) is 0 Å². The maximum Gasteiger partial charge on any atom is 0.221 e. The average Bonchev–Trinajstić information content (AvgIpc) is 3.06. The van der Waals surface area contributed by atoms with Crippen LogP contribution in [0.2, 0.25) is 0 Å². The minimum atomic E-state index is -1.39. The Kier molecular flexibility index (Phi) is 3.78. The monoisotopic (exact) mass is 373 g/mol. The average molecular weight is 375 g/mol. The van der Waals surface area contributed by atoms with Gasteiger partial charge in [-0.1, -0.05) is 30.1 Å². The topological polar surface area (TPSA) is 39.7 Å². The van der Waals surface area contributed by atoms with Gasteiger partial charge in [0.1, 0.15) is 4.87 Å². The van der Waals surface area contributed by atoms with E-state index in [9.17, 15) is 0 Å². The molecule has 1 heterocycles. The van der Waals surface area contributed by atoms with Crippen LogP contribution in [0.1, 0.15) is 13.3 Å². The van der Waals surface area contributed by atoms with E-state index in [0.717, 1.165) is 11.3 Å². The highest BCUT2D eigenvalue weighted by molar-refractivity contribution is 6.53. The third-order valence-electron chi connectivity index (χ3n) is 4.70. The SMILES string of the molecule is COC1(OC)[C@@]2(Cl)C(Cl)=C(Cl)[C@@]1(Cl)C(C)C2=C1CCON1. The van der Waals surface area contributed by atoms with Gasteiger partial charge in [-0.05, 0) is 5.57 Å². The predicted octanol–water partition coefficient (Wildman–Crippen LogP) is 3.46. The van der Waals surface area contributed by atoms with Crippen molar-refractivity contribution in [2.45, 2.75) is 28.9 Å². The second-order valence-electron chi connectivity index (χ2n) is 5.34. The summed E-state index contributed by atoms with van der Waals surface area (Å²) in [5.74, 6) is -1.63. The third-order valence-corrected chi connectivity index (χ3v) is 7.35. The molecule has 1 unspecified atom stereocenters. The van der Waals surface area contributed by atoms with E-state index in [-0.39, 0.29) is 16.0 Å². The molecule has 3 atom stereocenters. The number of halogens is 4. The smallest absolute Gasteiger partial charge is 0.221 e. The van der Waals surface area contributed by atoms with Gasteiger partial charge >= 0.3 is 0 Å². The highest BCUT2D eigenvalue weighted by Crippen LogP contribution is 2.74. The zero-order chi connectivity index (χ0) is 15.6. The lowest BCUT2D eigenvalue weighted by atomic mass is 9.87. The second kappa shape index (κ2) is 4.91. The van der Waals surface area contributed by atoms with Crippen LogP contribution in [0.5, 0.6) is 0 Å². The summed E-state index contributed by atoms with van der Waals surface area (Å²) < 4.78 is 11.3. The number of hydrogen-bond donors (Lipinski definition) is 1. The molecule has 2 fully saturated rings. The molecule has 1 N–H and O–H groups in total. The van der Waals surface area contributed by atoms with Crippen LogP contribution in [0.4, 0.5) is 0 Å². The van der Waals surface area contributed by atoms with Gasteiger partial charge in [0.25, 0.3) is 0 Å². The molecule has 0 aromatic carbocycles. The number of hydroxylamine groups is 1. The number of fused-ring (bicyclic) bond motifs is 2. The van der Waals surface area contributed by atoms with Crippen LogP contribution in [0, 0.1) is 5.92 Å². The van der Waals surface area contributed by atoms with E-state index in [0.29, 0.717) is 13.0 Å². The first-order chi connectivity index (χ1) is 9.82. The highest BCUT2D eigenvalue weighted by atomic mass is 35.5. The zero-order valence-electron chi connectivity index (χ0n) is 11.7. The first kappa shape index (κ1) is 16.2. The van der Waals surface area contributed by atoms with Crippen molar-refractivity contribution in [3.63, 3.8) is 0 Å². The summed E-state index contributed by atoms with van der Waals surface area (Å²) in [7, 11) is 2.96. The molecule has 2 aliphatic carbocycles. The Hall–Kier alpha value is 0.320.